The van der Waals surface area contributed by atoms with E-state index in [0.29, 0.717) is 19.3 Å². The molecule has 1 saturated heterocycles. The summed E-state index contributed by atoms with van der Waals surface area (Å²) in [6, 6.07) is 0. The van der Waals surface area contributed by atoms with E-state index in [4.69, 9.17) is 23.7 Å². The van der Waals surface area contributed by atoms with E-state index in [1.807, 2.05) is 0 Å². The van der Waals surface area contributed by atoms with Gasteiger partial charge in [-0.05, 0) is 122 Å². The zero-order valence-corrected chi connectivity index (χ0v) is 52.4. The monoisotopic (exact) mass is 1160 g/mol. The Morgan fingerprint density at radius 3 is 1.16 bits per heavy atom. The van der Waals surface area contributed by atoms with Crippen LogP contribution in [-0.2, 0) is 42.9 Å². The normalized spacial score (nSPS) is 18.2. The zero-order valence-electron chi connectivity index (χ0n) is 52.4. The molecular formula is C71H118O12. The molecule has 6 atom stereocenters. The molecule has 0 radical (unpaired) electrons. The van der Waals surface area contributed by atoms with Gasteiger partial charge in [0.1, 0.15) is 18.8 Å². The number of hydrogen-bond donors (Lipinski definition) is 3. The number of ether oxygens (including phenoxy) is 5. The van der Waals surface area contributed by atoms with Crippen molar-refractivity contribution in [2.24, 2.45) is 0 Å². The van der Waals surface area contributed by atoms with Gasteiger partial charge in [0.25, 0.3) is 0 Å². The van der Waals surface area contributed by atoms with Crippen LogP contribution in [-0.4, -0.2) is 89.2 Å². The summed E-state index contributed by atoms with van der Waals surface area (Å²) in [6.45, 7) is 5.84. The highest BCUT2D eigenvalue weighted by molar-refractivity contribution is 5.74. The summed E-state index contributed by atoms with van der Waals surface area (Å²) < 4.78 is 28.5. The number of rotatable bonds is 56. The van der Waals surface area contributed by atoms with Gasteiger partial charge in [-0.3, -0.25) is 14.4 Å². The second-order valence-electron chi connectivity index (χ2n) is 22.4. The first-order valence-corrected chi connectivity index (χ1v) is 33.2. The Morgan fingerprint density at radius 2 is 0.759 bits per heavy atom. The van der Waals surface area contributed by atoms with Gasteiger partial charge in [0.2, 0.25) is 0 Å². The van der Waals surface area contributed by atoms with Crippen molar-refractivity contribution in [3.8, 4) is 0 Å². The van der Waals surface area contributed by atoms with Crippen LogP contribution in [0.4, 0.5) is 0 Å². The standard InChI is InChI=1S/C71H118O12/c1-4-7-10-13-16-19-22-25-28-31-32-35-38-41-44-47-50-53-56-59-65(74)82-69-67(76)66(75)68(70(77)78)83-71(69)80-61-62(81-64(73)58-55-52-49-46-43-40-37-34-30-27-24-21-18-15-12-9-6-3)60-79-63(72)57-54-51-48-45-42-39-36-33-29-26-23-20-17-14-11-8-5-2/h8,11,16-21,25-30,32,35,62,66-69,71,75-76H,4-7,9-10,12-15,22-24,31,33-34,36-61H2,1-3H3,(H,77,78)/b11-8-,19-16-,20-17-,21-18-,28-25-,29-26-,30-27-,35-32-. The van der Waals surface area contributed by atoms with Crippen LogP contribution in [0.1, 0.15) is 278 Å². The lowest BCUT2D eigenvalue weighted by Gasteiger charge is -2.40. The minimum Gasteiger partial charge on any atom is -0.479 e. The largest absolute Gasteiger partial charge is 0.479 e. The molecule has 6 unspecified atom stereocenters. The molecule has 0 aromatic heterocycles. The SMILES string of the molecule is CC/C=C\C/C=C\C/C=C\CCCCCCCCCC(=O)OCC(COC1OC(C(=O)O)C(O)C(O)C1OC(=O)CCCCCCCC/C=C\C/C=C\C/C=C\CCCCC)OC(=O)CCCCCCCCC/C=C\C/C=C\CCCCC. The minimum atomic E-state index is -1.92. The average Bonchev–Trinajstić information content (AvgIpc) is 3.58. The molecule has 1 heterocycles. The topological polar surface area (TPSA) is 175 Å². The van der Waals surface area contributed by atoms with Gasteiger partial charge in [-0.25, -0.2) is 4.79 Å². The van der Waals surface area contributed by atoms with E-state index in [2.05, 4.69) is 118 Å². The van der Waals surface area contributed by atoms with E-state index in [1.54, 1.807) is 0 Å². The van der Waals surface area contributed by atoms with Crippen molar-refractivity contribution in [1.29, 1.82) is 0 Å². The van der Waals surface area contributed by atoms with E-state index in [0.717, 1.165) is 154 Å². The highest BCUT2D eigenvalue weighted by Gasteiger charge is 2.50. The predicted molar refractivity (Wildman–Crippen MR) is 340 cm³/mol. The molecule has 0 spiro atoms. The van der Waals surface area contributed by atoms with Crippen LogP contribution in [0.5, 0.6) is 0 Å². The summed E-state index contributed by atoms with van der Waals surface area (Å²) >= 11 is 0. The van der Waals surface area contributed by atoms with Gasteiger partial charge in [-0.15, -0.1) is 0 Å². The lowest BCUT2D eigenvalue weighted by atomic mass is 9.98. The van der Waals surface area contributed by atoms with Crippen LogP contribution < -0.4 is 0 Å². The lowest BCUT2D eigenvalue weighted by Crippen LogP contribution is -2.61. The number of aliphatic carboxylic acids is 1. The maximum absolute atomic E-state index is 13.2. The van der Waals surface area contributed by atoms with Crippen LogP contribution in [0.2, 0.25) is 0 Å². The predicted octanol–water partition coefficient (Wildman–Crippen LogP) is 18.0. The van der Waals surface area contributed by atoms with E-state index >= 15 is 0 Å². The highest BCUT2D eigenvalue weighted by atomic mass is 16.7. The maximum Gasteiger partial charge on any atom is 0.335 e. The molecule has 1 rings (SSSR count). The first-order chi connectivity index (χ1) is 40.6. The van der Waals surface area contributed by atoms with Crippen LogP contribution in [0.15, 0.2) is 97.2 Å². The number of aliphatic hydroxyl groups is 2. The fraction of sp³-hybridized carbons (Fsp3) is 0.718. The fourth-order valence-electron chi connectivity index (χ4n) is 9.54. The first kappa shape index (κ1) is 76.7. The Kier molecular flexibility index (Phi) is 53.6. The third-order valence-electron chi connectivity index (χ3n) is 14.6. The van der Waals surface area contributed by atoms with Crippen molar-refractivity contribution in [2.45, 2.75) is 314 Å². The summed E-state index contributed by atoms with van der Waals surface area (Å²) in [4.78, 5) is 51.4. The van der Waals surface area contributed by atoms with E-state index < -0.39 is 67.3 Å². The Labute approximate surface area is 504 Å². The second-order valence-corrected chi connectivity index (χ2v) is 22.4. The molecule has 3 N–H and O–H groups in total. The van der Waals surface area contributed by atoms with Gasteiger partial charge < -0.3 is 39.0 Å². The summed E-state index contributed by atoms with van der Waals surface area (Å²) in [7, 11) is 0. The van der Waals surface area contributed by atoms with Crippen molar-refractivity contribution in [2.75, 3.05) is 13.2 Å². The highest BCUT2D eigenvalue weighted by Crippen LogP contribution is 2.27. The third-order valence-corrected chi connectivity index (χ3v) is 14.6. The van der Waals surface area contributed by atoms with Crippen molar-refractivity contribution < 1.29 is 58.2 Å². The Hall–Kier alpha value is -4.36. The number of unbranched alkanes of at least 4 members (excludes halogenated alkanes) is 26. The molecule has 1 aliphatic rings. The molecule has 0 bridgehead atoms. The molecular weight excluding hydrogens is 1040 g/mol. The van der Waals surface area contributed by atoms with Crippen LogP contribution >= 0.6 is 0 Å². The van der Waals surface area contributed by atoms with E-state index in [-0.39, 0.29) is 25.9 Å². The van der Waals surface area contributed by atoms with Crippen LogP contribution in [0.25, 0.3) is 0 Å². The summed E-state index contributed by atoms with van der Waals surface area (Å²) in [5.41, 5.74) is 0. The average molecular weight is 1160 g/mol. The Bertz CT molecular complexity index is 1810. The van der Waals surface area contributed by atoms with Crippen molar-refractivity contribution in [3.63, 3.8) is 0 Å². The fourth-order valence-corrected chi connectivity index (χ4v) is 9.54. The molecule has 12 nitrogen and oxygen atoms in total. The summed E-state index contributed by atoms with van der Waals surface area (Å²) in [5, 5.41) is 31.6. The van der Waals surface area contributed by atoms with Gasteiger partial charge >= 0.3 is 23.9 Å². The number of carbonyl (C=O) groups excluding carboxylic acids is 3. The quantitative estimate of drug-likeness (QED) is 0.0228. The molecule has 0 amide bonds. The number of carboxylic acids is 1. The third kappa shape index (κ3) is 47.6. The Balaban J connectivity index is 2.67. The molecule has 0 aromatic rings. The van der Waals surface area contributed by atoms with Crippen molar-refractivity contribution in [1.82, 2.24) is 0 Å². The maximum atomic E-state index is 13.2. The van der Waals surface area contributed by atoms with Crippen molar-refractivity contribution in [3.05, 3.63) is 97.2 Å². The van der Waals surface area contributed by atoms with E-state index in [9.17, 15) is 34.5 Å². The molecule has 0 aliphatic carbocycles. The molecule has 0 aromatic carbocycles. The van der Waals surface area contributed by atoms with Crippen LogP contribution in [0, 0.1) is 0 Å². The minimum absolute atomic E-state index is 0.0406. The van der Waals surface area contributed by atoms with E-state index in [1.165, 1.54) is 64.2 Å². The number of aliphatic hydroxyl groups excluding tert-OH is 2. The number of carbonyl (C=O) groups is 4. The molecule has 1 fully saturated rings. The van der Waals surface area contributed by atoms with Gasteiger partial charge in [-0.1, -0.05) is 234 Å². The molecule has 474 valence electrons. The lowest BCUT2D eigenvalue weighted by molar-refractivity contribution is -0.301. The number of allylic oxidation sites excluding steroid dienone is 16. The van der Waals surface area contributed by atoms with Crippen LogP contribution in [0.3, 0.4) is 0 Å². The number of carboxylic acid groups (broad SMARTS) is 1. The smallest absolute Gasteiger partial charge is 0.335 e. The summed E-state index contributed by atoms with van der Waals surface area (Å²) in [5.74, 6) is -3.15. The molecule has 0 saturated carbocycles. The number of esters is 3. The van der Waals surface area contributed by atoms with Gasteiger partial charge in [0.05, 0.1) is 6.61 Å². The molecule has 83 heavy (non-hydrogen) atoms. The van der Waals surface area contributed by atoms with Gasteiger partial charge in [-0.2, -0.15) is 0 Å². The zero-order chi connectivity index (χ0) is 60.3. The Morgan fingerprint density at radius 1 is 0.410 bits per heavy atom. The second kappa shape index (κ2) is 58.0. The van der Waals surface area contributed by atoms with Crippen molar-refractivity contribution >= 4 is 23.9 Å². The van der Waals surface area contributed by atoms with Gasteiger partial charge in [0.15, 0.2) is 24.6 Å². The number of hydrogen-bond acceptors (Lipinski definition) is 11. The molecule has 1 aliphatic heterocycles. The summed E-state index contributed by atoms with van der Waals surface area (Å²) in [6.07, 6.45) is 64.9. The molecule has 12 heteroatoms. The first-order valence-electron chi connectivity index (χ1n) is 33.2. The van der Waals surface area contributed by atoms with Gasteiger partial charge in [0, 0.05) is 19.3 Å².